The summed E-state index contributed by atoms with van der Waals surface area (Å²) in [4.78, 5) is 0. The molecule has 0 aliphatic carbocycles. The predicted octanol–water partition coefficient (Wildman–Crippen LogP) is 4.49. The van der Waals surface area contributed by atoms with Gasteiger partial charge >= 0.3 is 0 Å². The Morgan fingerprint density at radius 1 is 0.778 bits per heavy atom. The first-order valence-corrected chi connectivity index (χ1v) is 7.95. The van der Waals surface area contributed by atoms with Gasteiger partial charge in [0.2, 0.25) is 0 Å². The summed E-state index contributed by atoms with van der Waals surface area (Å²) in [5.74, 6) is 0. The summed E-state index contributed by atoms with van der Waals surface area (Å²) in [5, 5.41) is 0. The van der Waals surface area contributed by atoms with E-state index < -0.39 is 0 Å². The zero-order chi connectivity index (χ0) is 13.5. The van der Waals surface area contributed by atoms with Crippen LogP contribution in [0.2, 0.25) is 0 Å². The van der Waals surface area contributed by atoms with Gasteiger partial charge in [-0.15, -0.1) is 0 Å². The zero-order valence-electron chi connectivity index (χ0n) is 12.4. The van der Waals surface area contributed by atoms with Gasteiger partial charge in [0, 0.05) is 12.2 Å². The minimum atomic E-state index is 0.573. The van der Waals surface area contributed by atoms with Crippen molar-refractivity contribution in [3.05, 3.63) is 11.8 Å². The Hall–Kier alpha value is -0.500. The van der Waals surface area contributed by atoms with Crippen molar-refractivity contribution in [3.8, 4) is 0 Å². The van der Waals surface area contributed by atoms with E-state index in [2.05, 4.69) is 6.92 Å². The Balaban J connectivity index is 3.05. The van der Waals surface area contributed by atoms with E-state index in [1.54, 1.807) is 0 Å². The van der Waals surface area contributed by atoms with Crippen molar-refractivity contribution in [2.24, 2.45) is 11.5 Å². The van der Waals surface area contributed by atoms with E-state index in [-0.39, 0.29) is 0 Å². The SMILES string of the molecule is CCCCCCCCCCCCCC(N)=CCN. The molecule has 0 saturated carbocycles. The molecular weight excluding hydrogens is 220 g/mol. The molecule has 0 heterocycles. The molecule has 0 aromatic carbocycles. The highest BCUT2D eigenvalue weighted by Gasteiger charge is 1.94. The van der Waals surface area contributed by atoms with E-state index in [0.29, 0.717) is 6.54 Å². The smallest absolute Gasteiger partial charge is 0.0126 e. The standard InChI is InChI=1S/C16H34N2/c1-2-3-4-5-6-7-8-9-10-11-12-13-16(18)14-15-17/h14H,2-13,15,17-18H2,1H3. The van der Waals surface area contributed by atoms with Crippen molar-refractivity contribution >= 4 is 0 Å². The number of hydrogen-bond donors (Lipinski definition) is 2. The Kier molecular flexibility index (Phi) is 14.2. The number of allylic oxidation sites excluding steroid dienone is 1. The van der Waals surface area contributed by atoms with Gasteiger partial charge in [0.05, 0.1) is 0 Å². The molecule has 0 amide bonds. The molecule has 108 valence electrons. The molecule has 0 aliphatic heterocycles. The van der Waals surface area contributed by atoms with Gasteiger partial charge in [-0.2, -0.15) is 0 Å². The second-order valence-electron chi connectivity index (χ2n) is 5.30. The molecule has 0 radical (unpaired) electrons. The molecule has 0 atom stereocenters. The van der Waals surface area contributed by atoms with Gasteiger partial charge in [-0.1, -0.05) is 77.2 Å². The lowest BCUT2D eigenvalue weighted by Gasteiger charge is -2.03. The van der Waals surface area contributed by atoms with Gasteiger partial charge in [-0.25, -0.2) is 0 Å². The van der Waals surface area contributed by atoms with Crippen LogP contribution in [0.1, 0.15) is 84.0 Å². The monoisotopic (exact) mass is 254 g/mol. The van der Waals surface area contributed by atoms with Crippen LogP contribution in [-0.4, -0.2) is 6.54 Å². The van der Waals surface area contributed by atoms with E-state index in [9.17, 15) is 0 Å². The second kappa shape index (κ2) is 14.6. The third kappa shape index (κ3) is 13.6. The van der Waals surface area contributed by atoms with E-state index >= 15 is 0 Å². The van der Waals surface area contributed by atoms with Crippen LogP contribution in [0.25, 0.3) is 0 Å². The van der Waals surface area contributed by atoms with E-state index in [0.717, 1.165) is 12.1 Å². The number of unbranched alkanes of at least 4 members (excludes halogenated alkanes) is 10. The van der Waals surface area contributed by atoms with Crippen molar-refractivity contribution in [1.29, 1.82) is 0 Å². The minimum Gasteiger partial charge on any atom is -0.402 e. The summed E-state index contributed by atoms with van der Waals surface area (Å²) in [6.45, 7) is 2.85. The van der Waals surface area contributed by atoms with Gasteiger partial charge < -0.3 is 11.5 Å². The molecule has 0 saturated heterocycles. The number of hydrogen-bond acceptors (Lipinski definition) is 2. The molecule has 0 unspecified atom stereocenters. The molecule has 0 bridgehead atoms. The third-order valence-electron chi connectivity index (χ3n) is 3.45. The highest BCUT2D eigenvalue weighted by molar-refractivity contribution is 4.96. The first-order valence-electron chi connectivity index (χ1n) is 7.95. The largest absolute Gasteiger partial charge is 0.402 e. The third-order valence-corrected chi connectivity index (χ3v) is 3.45. The van der Waals surface area contributed by atoms with Gasteiger partial charge in [0.1, 0.15) is 0 Å². The lowest BCUT2D eigenvalue weighted by molar-refractivity contribution is 0.549. The highest BCUT2D eigenvalue weighted by Crippen LogP contribution is 2.12. The summed E-state index contributed by atoms with van der Waals surface area (Å²) < 4.78 is 0. The maximum absolute atomic E-state index is 5.79. The summed E-state index contributed by atoms with van der Waals surface area (Å²) in [6, 6.07) is 0. The summed E-state index contributed by atoms with van der Waals surface area (Å²) in [7, 11) is 0. The molecule has 4 N–H and O–H groups in total. The molecular formula is C16H34N2. The Morgan fingerprint density at radius 2 is 1.22 bits per heavy atom. The first-order chi connectivity index (χ1) is 8.81. The average molecular weight is 254 g/mol. The van der Waals surface area contributed by atoms with Crippen LogP contribution in [0, 0.1) is 0 Å². The van der Waals surface area contributed by atoms with E-state index in [4.69, 9.17) is 11.5 Å². The second-order valence-corrected chi connectivity index (χ2v) is 5.30. The first kappa shape index (κ1) is 17.5. The highest BCUT2D eigenvalue weighted by atomic mass is 14.6. The number of rotatable bonds is 13. The number of nitrogens with two attached hydrogens (primary N) is 2. The normalized spacial score (nSPS) is 12.0. The van der Waals surface area contributed by atoms with Crippen LogP contribution in [0.15, 0.2) is 11.8 Å². The molecule has 0 aromatic heterocycles. The summed E-state index contributed by atoms with van der Waals surface area (Å²) >= 11 is 0. The van der Waals surface area contributed by atoms with Gasteiger partial charge in [0.25, 0.3) is 0 Å². The molecule has 18 heavy (non-hydrogen) atoms. The zero-order valence-corrected chi connectivity index (χ0v) is 12.4. The quantitative estimate of drug-likeness (QED) is 0.476. The van der Waals surface area contributed by atoms with Gasteiger partial charge in [-0.3, -0.25) is 0 Å². The molecule has 0 aliphatic rings. The van der Waals surface area contributed by atoms with Crippen LogP contribution in [-0.2, 0) is 0 Å². The average Bonchev–Trinajstić information content (AvgIpc) is 2.36. The maximum atomic E-state index is 5.79. The molecule has 0 rings (SSSR count). The van der Waals surface area contributed by atoms with E-state index in [1.807, 2.05) is 6.08 Å². The Morgan fingerprint density at radius 3 is 1.67 bits per heavy atom. The van der Waals surface area contributed by atoms with Gasteiger partial charge in [0.15, 0.2) is 0 Å². The molecule has 0 fully saturated rings. The lowest BCUT2D eigenvalue weighted by Crippen LogP contribution is -2.02. The predicted molar refractivity (Wildman–Crippen MR) is 82.4 cm³/mol. The van der Waals surface area contributed by atoms with Crippen LogP contribution >= 0.6 is 0 Å². The minimum absolute atomic E-state index is 0.573. The molecule has 2 nitrogen and oxygen atoms in total. The Bertz CT molecular complexity index is 188. The van der Waals surface area contributed by atoms with Crippen LogP contribution in [0.4, 0.5) is 0 Å². The van der Waals surface area contributed by atoms with Crippen LogP contribution in [0.5, 0.6) is 0 Å². The van der Waals surface area contributed by atoms with Crippen LogP contribution < -0.4 is 11.5 Å². The molecule has 2 heteroatoms. The van der Waals surface area contributed by atoms with Crippen LogP contribution in [0.3, 0.4) is 0 Å². The van der Waals surface area contributed by atoms with Crippen molar-refractivity contribution in [2.75, 3.05) is 6.54 Å². The maximum Gasteiger partial charge on any atom is 0.0126 e. The fourth-order valence-corrected chi connectivity index (χ4v) is 2.25. The fraction of sp³-hybridized carbons (Fsp3) is 0.875. The molecule has 0 spiro atoms. The summed E-state index contributed by atoms with van der Waals surface area (Å²) in [5.41, 5.74) is 12.2. The Labute approximate surface area is 114 Å². The molecule has 0 aromatic rings. The summed E-state index contributed by atoms with van der Waals surface area (Å²) in [6.07, 6.45) is 18.2. The lowest BCUT2D eigenvalue weighted by atomic mass is 10.0. The topological polar surface area (TPSA) is 52.0 Å². The van der Waals surface area contributed by atoms with Gasteiger partial charge in [-0.05, 0) is 12.8 Å². The van der Waals surface area contributed by atoms with Crippen molar-refractivity contribution in [3.63, 3.8) is 0 Å². The van der Waals surface area contributed by atoms with Crippen molar-refractivity contribution in [1.82, 2.24) is 0 Å². The van der Waals surface area contributed by atoms with E-state index in [1.165, 1.54) is 70.6 Å². The van der Waals surface area contributed by atoms with Crippen molar-refractivity contribution < 1.29 is 0 Å². The fourth-order valence-electron chi connectivity index (χ4n) is 2.25. The van der Waals surface area contributed by atoms with Crippen molar-refractivity contribution in [2.45, 2.75) is 84.0 Å².